The second-order valence-corrected chi connectivity index (χ2v) is 6.50. The van der Waals surface area contributed by atoms with Gasteiger partial charge >= 0.3 is 0 Å². The molecule has 2 N–H and O–H groups in total. The second kappa shape index (κ2) is 5.39. The molecule has 2 aromatic rings. The fourth-order valence-corrected chi connectivity index (χ4v) is 3.97. The molecule has 3 nitrogen and oxygen atoms in total. The highest BCUT2D eigenvalue weighted by Crippen LogP contribution is 2.43. The first-order chi connectivity index (χ1) is 10.4. The van der Waals surface area contributed by atoms with E-state index >= 15 is 0 Å². The molecule has 2 aliphatic rings. The number of nitrogens with two attached hydrogens (primary N) is 1. The van der Waals surface area contributed by atoms with Gasteiger partial charge in [0, 0.05) is 29.9 Å². The number of rotatable bonds is 3. The molecule has 0 spiro atoms. The van der Waals surface area contributed by atoms with Crippen LogP contribution in [0.2, 0.25) is 0 Å². The number of aromatic nitrogens is 1. The molecule has 1 saturated heterocycles. The van der Waals surface area contributed by atoms with Crippen LogP contribution in [0.25, 0.3) is 10.8 Å². The molecular weight excluding hydrogens is 258 g/mol. The Kier molecular flexibility index (Phi) is 3.40. The highest BCUT2D eigenvalue weighted by atomic mass is 15.2. The van der Waals surface area contributed by atoms with E-state index in [2.05, 4.69) is 40.3 Å². The highest BCUT2D eigenvalue weighted by Gasteiger charge is 2.40. The average molecular weight is 281 g/mol. The zero-order chi connectivity index (χ0) is 14.2. The molecule has 0 amide bonds. The molecule has 1 aliphatic heterocycles. The van der Waals surface area contributed by atoms with Crippen molar-refractivity contribution in [1.82, 2.24) is 9.88 Å². The van der Waals surface area contributed by atoms with Crippen molar-refractivity contribution in [3.05, 3.63) is 42.2 Å². The first kappa shape index (κ1) is 13.2. The molecule has 1 saturated carbocycles. The summed E-state index contributed by atoms with van der Waals surface area (Å²) < 4.78 is 0. The number of likely N-dealkylation sites (tertiary alicyclic amines) is 1. The third kappa shape index (κ3) is 2.34. The summed E-state index contributed by atoms with van der Waals surface area (Å²) in [7, 11) is 0. The Morgan fingerprint density at radius 1 is 1.14 bits per heavy atom. The lowest BCUT2D eigenvalue weighted by molar-refractivity contribution is 0.0887. The predicted molar refractivity (Wildman–Crippen MR) is 86.0 cm³/mol. The van der Waals surface area contributed by atoms with Gasteiger partial charge in [-0.25, -0.2) is 0 Å². The summed E-state index contributed by atoms with van der Waals surface area (Å²) in [6.07, 6.45) is 9.29. The molecule has 1 aliphatic carbocycles. The first-order valence-corrected chi connectivity index (χ1v) is 8.17. The minimum absolute atomic E-state index is 0.454. The lowest BCUT2D eigenvalue weighted by Gasteiger charge is -2.42. The number of fused-ring (bicyclic) bond motifs is 1. The smallest absolute Gasteiger partial charge is 0.0412 e. The van der Waals surface area contributed by atoms with Crippen molar-refractivity contribution in [3.63, 3.8) is 0 Å². The van der Waals surface area contributed by atoms with Crippen molar-refractivity contribution in [2.24, 2.45) is 11.7 Å². The Hall–Kier alpha value is -1.45. The zero-order valence-corrected chi connectivity index (χ0v) is 12.4. The molecule has 0 radical (unpaired) electrons. The SMILES string of the molecule is NCC1CCCN(C2CC2)C1c1cncc2ccccc12. The van der Waals surface area contributed by atoms with Crippen LogP contribution in [0.3, 0.4) is 0 Å². The normalized spacial score (nSPS) is 27.1. The number of nitrogens with zero attached hydrogens (tertiary/aromatic N) is 2. The van der Waals surface area contributed by atoms with Crippen LogP contribution in [0.4, 0.5) is 0 Å². The molecule has 2 heterocycles. The van der Waals surface area contributed by atoms with Gasteiger partial charge in [0.1, 0.15) is 0 Å². The van der Waals surface area contributed by atoms with Gasteiger partial charge in [-0.2, -0.15) is 0 Å². The summed E-state index contributed by atoms with van der Waals surface area (Å²) in [5, 5.41) is 2.59. The van der Waals surface area contributed by atoms with Crippen LogP contribution in [0, 0.1) is 5.92 Å². The fourth-order valence-electron chi connectivity index (χ4n) is 3.97. The number of hydrogen-bond donors (Lipinski definition) is 1. The predicted octanol–water partition coefficient (Wildman–Crippen LogP) is 3.11. The summed E-state index contributed by atoms with van der Waals surface area (Å²) in [5.41, 5.74) is 7.50. The van der Waals surface area contributed by atoms with E-state index in [1.54, 1.807) is 0 Å². The second-order valence-electron chi connectivity index (χ2n) is 6.50. The zero-order valence-electron chi connectivity index (χ0n) is 12.4. The van der Waals surface area contributed by atoms with Gasteiger partial charge in [0.05, 0.1) is 0 Å². The molecule has 1 aromatic heterocycles. The van der Waals surface area contributed by atoms with E-state index in [1.807, 2.05) is 6.20 Å². The third-order valence-electron chi connectivity index (χ3n) is 5.13. The van der Waals surface area contributed by atoms with Crippen LogP contribution in [0.15, 0.2) is 36.7 Å². The van der Waals surface area contributed by atoms with Crippen LogP contribution in [0.5, 0.6) is 0 Å². The van der Waals surface area contributed by atoms with Gasteiger partial charge in [-0.1, -0.05) is 24.3 Å². The Balaban J connectivity index is 1.82. The Bertz CT molecular complexity index is 630. The van der Waals surface area contributed by atoms with E-state index < -0.39 is 0 Å². The molecule has 0 bridgehead atoms. The maximum Gasteiger partial charge on any atom is 0.0412 e. The number of hydrogen-bond acceptors (Lipinski definition) is 3. The quantitative estimate of drug-likeness (QED) is 0.940. The van der Waals surface area contributed by atoms with Crippen LogP contribution < -0.4 is 5.73 Å². The lowest BCUT2D eigenvalue weighted by Crippen LogP contribution is -2.42. The minimum atomic E-state index is 0.454. The molecule has 2 fully saturated rings. The third-order valence-corrected chi connectivity index (χ3v) is 5.13. The standard InChI is InChI=1S/C18H23N3/c19-10-13-5-3-9-21(15-7-8-15)18(13)17-12-20-11-14-4-1-2-6-16(14)17/h1-2,4,6,11-13,15,18H,3,5,7-10,19H2. The Labute approximate surface area is 126 Å². The van der Waals surface area contributed by atoms with Gasteiger partial charge in [0.2, 0.25) is 0 Å². The van der Waals surface area contributed by atoms with Gasteiger partial charge in [-0.05, 0) is 55.6 Å². The molecule has 110 valence electrons. The first-order valence-electron chi connectivity index (χ1n) is 8.17. The summed E-state index contributed by atoms with van der Waals surface area (Å²) in [5.74, 6) is 0.562. The molecule has 3 heteroatoms. The molecule has 4 rings (SSSR count). The maximum absolute atomic E-state index is 6.11. The van der Waals surface area contributed by atoms with E-state index in [0.29, 0.717) is 12.0 Å². The summed E-state index contributed by atoms with van der Waals surface area (Å²) >= 11 is 0. The van der Waals surface area contributed by atoms with Crippen molar-refractivity contribution in [2.45, 2.75) is 37.8 Å². The van der Waals surface area contributed by atoms with Crippen molar-refractivity contribution >= 4 is 10.8 Å². The summed E-state index contributed by atoms with van der Waals surface area (Å²) in [6, 6.07) is 9.85. The number of benzene rings is 1. The van der Waals surface area contributed by atoms with E-state index in [4.69, 9.17) is 5.73 Å². The lowest BCUT2D eigenvalue weighted by atomic mass is 9.83. The van der Waals surface area contributed by atoms with Crippen molar-refractivity contribution in [1.29, 1.82) is 0 Å². The van der Waals surface area contributed by atoms with Crippen LogP contribution in [-0.2, 0) is 0 Å². The molecular formula is C18H23N3. The van der Waals surface area contributed by atoms with Crippen LogP contribution in [0.1, 0.15) is 37.3 Å². The summed E-state index contributed by atoms with van der Waals surface area (Å²) in [4.78, 5) is 7.22. The van der Waals surface area contributed by atoms with Gasteiger partial charge in [0.25, 0.3) is 0 Å². The average Bonchev–Trinajstić information content (AvgIpc) is 3.38. The monoisotopic (exact) mass is 281 g/mol. The Morgan fingerprint density at radius 3 is 2.81 bits per heavy atom. The van der Waals surface area contributed by atoms with E-state index in [0.717, 1.165) is 12.6 Å². The topological polar surface area (TPSA) is 42.1 Å². The minimum Gasteiger partial charge on any atom is -0.330 e. The van der Waals surface area contributed by atoms with Crippen molar-refractivity contribution in [3.8, 4) is 0 Å². The number of piperidine rings is 1. The van der Waals surface area contributed by atoms with E-state index in [1.165, 1.54) is 48.6 Å². The molecule has 1 aromatic carbocycles. The fraction of sp³-hybridized carbons (Fsp3) is 0.500. The van der Waals surface area contributed by atoms with Crippen LogP contribution in [-0.4, -0.2) is 29.0 Å². The summed E-state index contributed by atoms with van der Waals surface area (Å²) in [6.45, 7) is 1.99. The van der Waals surface area contributed by atoms with Crippen molar-refractivity contribution < 1.29 is 0 Å². The maximum atomic E-state index is 6.11. The molecule has 2 unspecified atom stereocenters. The largest absolute Gasteiger partial charge is 0.330 e. The molecule has 2 atom stereocenters. The van der Waals surface area contributed by atoms with Gasteiger partial charge < -0.3 is 5.73 Å². The highest BCUT2D eigenvalue weighted by molar-refractivity contribution is 5.85. The van der Waals surface area contributed by atoms with Gasteiger partial charge in [-0.15, -0.1) is 0 Å². The molecule has 21 heavy (non-hydrogen) atoms. The Morgan fingerprint density at radius 2 is 2.00 bits per heavy atom. The van der Waals surface area contributed by atoms with Gasteiger partial charge in [0.15, 0.2) is 0 Å². The van der Waals surface area contributed by atoms with E-state index in [-0.39, 0.29) is 0 Å². The van der Waals surface area contributed by atoms with Crippen LogP contribution >= 0.6 is 0 Å². The van der Waals surface area contributed by atoms with Crippen molar-refractivity contribution in [2.75, 3.05) is 13.1 Å². The number of pyridine rings is 1. The van der Waals surface area contributed by atoms with Gasteiger partial charge in [-0.3, -0.25) is 9.88 Å². The van der Waals surface area contributed by atoms with E-state index in [9.17, 15) is 0 Å².